The Balaban J connectivity index is 1.71. The fourth-order valence-corrected chi connectivity index (χ4v) is 6.95. The molecule has 0 N–H and O–H groups in total. The van der Waals surface area contributed by atoms with Gasteiger partial charge in [0.15, 0.2) is 5.79 Å². The van der Waals surface area contributed by atoms with Gasteiger partial charge in [0.1, 0.15) is 11.4 Å². The van der Waals surface area contributed by atoms with Crippen LogP contribution in [0.1, 0.15) is 49.8 Å². The van der Waals surface area contributed by atoms with Crippen molar-refractivity contribution in [2.24, 2.45) is 5.41 Å². The highest BCUT2D eigenvalue weighted by Gasteiger charge is 2.81. The Morgan fingerprint density at radius 2 is 1.90 bits per heavy atom. The molecule has 29 heavy (non-hydrogen) atoms. The summed E-state index contributed by atoms with van der Waals surface area (Å²) >= 11 is 0. The molecule has 0 aromatic heterocycles. The zero-order valence-corrected chi connectivity index (χ0v) is 17.9. The highest BCUT2D eigenvalue weighted by atomic mass is 16.7. The first kappa shape index (κ1) is 19.3. The molecule has 1 saturated carbocycles. The summed E-state index contributed by atoms with van der Waals surface area (Å²) in [7, 11) is 3.17. The van der Waals surface area contributed by atoms with E-state index in [0.29, 0.717) is 26.1 Å². The lowest BCUT2D eigenvalue weighted by Gasteiger charge is -2.58. The van der Waals surface area contributed by atoms with E-state index < -0.39 is 16.8 Å². The van der Waals surface area contributed by atoms with Crippen molar-refractivity contribution in [3.8, 4) is 5.75 Å². The van der Waals surface area contributed by atoms with Gasteiger partial charge in [0.25, 0.3) is 0 Å². The van der Waals surface area contributed by atoms with Gasteiger partial charge in [0.05, 0.1) is 40.0 Å². The van der Waals surface area contributed by atoms with E-state index in [1.165, 1.54) is 18.2 Å². The van der Waals surface area contributed by atoms with Crippen LogP contribution >= 0.6 is 0 Å². The van der Waals surface area contributed by atoms with Gasteiger partial charge in [-0.25, -0.2) is 0 Å². The van der Waals surface area contributed by atoms with Crippen molar-refractivity contribution in [2.75, 3.05) is 27.4 Å². The molecule has 4 aliphatic rings. The Bertz CT molecular complexity index is 874. The molecule has 2 aliphatic heterocycles. The fraction of sp³-hybridized carbons (Fsp3) is 0.696. The first-order valence-electron chi connectivity index (χ1n) is 10.4. The van der Waals surface area contributed by atoms with E-state index in [9.17, 15) is 4.79 Å². The normalized spacial score (nSPS) is 38.7. The first-order valence-corrected chi connectivity index (χ1v) is 10.4. The Morgan fingerprint density at radius 1 is 1.17 bits per heavy atom. The summed E-state index contributed by atoms with van der Waals surface area (Å²) in [6.07, 6.45) is 2.44. The average Bonchev–Trinajstić information content (AvgIpc) is 3.28. The number of esters is 1. The third-order valence-corrected chi connectivity index (χ3v) is 7.86. The third kappa shape index (κ3) is 2.37. The minimum atomic E-state index is -0.704. The number of hydrogen-bond acceptors (Lipinski definition) is 6. The van der Waals surface area contributed by atoms with Crippen LogP contribution in [0.4, 0.5) is 0 Å². The molecule has 4 atom stereocenters. The highest BCUT2D eigenvalue weighted by Crippen LogP contribution is 2.73. The van der Waals surface area contributed by atoms with Gasteiger partial charge in [0, 0.05) is 35.7 Å². The quantitative estimate of drug-likeness (QED) is 0.572. The summed E-state index contributed by atoms with van der Waals surface area (Å²) in [5, 5.41) is 0. The Kier molecular flexibility index (Phi) is 3.97. The van der Waals surface area contributed by atoms with Gasteiger partial charge in [-0.1, -0.05) is 19.9 Å². The minimum absolute atomic E-state index is 0.0463. The SMILES string of the molecule is COC(=O)C[C@]1(C)CC2(C[C@@]3(C)c4cc(C)cc(OC)c4C[C@@H]4O[C@]413)OCCO2. The van der Waals surface area contributed by atoms with Crippen molar-refractivity contribution < 1.29 is 28.5 Å². The van der Waals surface area contributed by atoms with Crippen LogP contribution in [-0.2, 0) is 35.6 Å². The van der Waals surface area contributed by atoms with Crippen molar-refractivity contribution in [1.29, 1.82) is 0 Å². The number of epoxide rings is 1. The van der Waals surface area contributed by atoms with Crippen molar-refractivity contribution in [3.05, 3.63) is 28.8 Å². The second-order valence-corrected chi connectivity index (χ2v) is 9.65. The summed E-state index contributed by atoms with van der Waals surface area (Å²) in [4.78, 5) is 12.4. The molecule has 0 amide bonds. The predicted octanol–water partition coefficient (Wildman–Crippen LogP) is 3.06. The van der Waals surface area contributed by atoms with E-state index in [-0.39, 0.29) is 23.9 Å². The molecule has 2 aliphatic carbocycles. The number of rotatable bonds is 3. The van der Waals surface area contributed by atoms with Gasteiger partial charge < -0.3 is 23.7 Å². The van der Waals surface area contributed by atoms with E-state index in [4.69, 9.17) is 23.7 Å². The molecule has 0 bridgehead atoms. The standard InChI is InChI=1S/C23H30O6/c1-14-8-16-15(17(9-14)25-4)10-18-23(29-18)20(2,11-19(24)26-5)12-22(13-21(16,23)3)27-6-7-28-22/h8-9,18H,6-7,10-13H2,1-5H3/t18-,20+,21-,23+/m0/s1. The second kappa shape index (κ2) is 5.96. The van der Waals surface area contributed by atoms with Crippen LogP contribution in [0.25, 0.3) is 0 Å². The molecule has 0 radical (unpaired) electrons. The van der Waals surface area contributed by atoms with Crippen LogP contribution in [0.15, 0.2) is 12.1 Å². The number of fused-ring (bicyclic) bond motifs is 2. The molecule has 1 aromatic rings. The number of hydrogen-bond donors (Lipinski definition) is 0. The molecular weight excluding hydrogens is 372 g/mol. The molecule has 158 valence electrons. The van der Waals surface area contributed by atoms with E-state index in [1.54, 1.807) is 7.11 Å². The molecule has 6 heteroatoms. The molecule has 1 aromatic carbocycles. The van der Waals surface area contributed by atoms with Crippen molar-refractivity contribution in [3.63, 3.8) is 0 Å². The number of carbonyl (C=O) groups is 1. The maximum absolute atomic E-state index is 12.4. The summed E-state index contributed by atoms with van der Waals surface area (Å²) in [5.41, 5.74) is 2.32. The van der Waals surface area contributed by atoms with Crippen LogP contribution in [0, 0.1) is 12.3 Å². The van der Waals surface area contributed by atoms with Gasteiger partial charge in [-0.05, 0) is 24.1 Å². The lowest BCUT2D eigenvalue weighted by atomic mass is 9.47. The summed E-state index contributed by atoms with van der Waals surface area (Å²) in [6, 6.07) is 4.34. The minimum Gasteiger partial charge on any atom is -0.496 e. The topological polar surface area (TPSA) is 66.5 Å². The summed E-state index contributed by atoms with van der Waals surface area (Å²) < 4.78 is 29.8. The van der Waals surface area contributed by atoms with Gasteiger partial charge >= 0.3 is 5.97 Å². The monoisotopic (exact) mass is 402 g/mol. The molecule has 2 heterocycles. The highest BCUT2D eigenvalue weighted by molar-refractivity contribution is 5.71. The van der Waals surface area contributed by atoms with Crippen molar-refractivity contribution >= 4 is 5.97 Å². The molecule has 5 rings (SSSR count). The zero-order chi connectivity index (χ0) is 20.7. The molecule has 6 nitrogen and oxygen atoms in total. The van der Waals surface area contributed by atoms with Crippen LogP contribution in [0.2, 0.25) is 0 Å². The zero-order valence-electron chi connectivity index (χ0n) is 17.9. The third-order valence-electron chi connectivity index (χ3n) is 7.86. The maximum Gasteiger partial charge on any atom is 0.306 e. The summed E-state index contributed by atoms with van der Waals surface area (Å²) in [5.74, 6) is -0.0146. The predicted molar refractivity (Wildman–Crippen MR) is 105 cm³/mol. The van der Waals surface area contributed by atoms with Crippen molar-refractivity contribution in [2.45, 2.75) is 69.4 Å². The largest absolute Gasteiger partial charge is 0.496 e. The van der Waals surface area contributed by atoms with Crippen LogP contribution in [0.5, 0.6) is 5.75 Å². The first-order chi connectivity index (χ1) is 13.7. The molecule has 0 unspecified atom stereocenters. The molecule has 2 spiro atoms. The van der Waals surface area contributed by atoms with E-state index in [0.717, 1.165) is 17.7 Å². The number of benzene rings is 1. The molecular formula is C23H30O6. The second-order valence-electron chi connectivity index (χ2n) is 9.65. The van der Waals surface area contributed by atoms with E-state index in [1.807, 2.05) is 0 Å². The van der Waals surface area contributed by atoms with Crippen LogP contribution in [0.3, 0.4) is 0 Å². The van der Waals surface area contributed by atoms with Crippen LogP contribution in [-0.4, -0.2) is 50.9 Å². The van der Waals surface area contributed by atoms with Crippen LogP contribution < -0.4 is 4.74 Å². The smallest absolute Gasteiger partial charge is 0.306 e. The number of aryl methyl sites for hydroxylation is 1. The average molecular weight is 402 g/mol. The fourth-order valence-electron chi connectivity index (χ4n) is 6.95. The molecule has 3 fully saturated rings. The lowest BCUT2D eigenvalue weighted by Crippen LogP contribution is -2.65. The Morgan fingerprint density at radius 3 is 2.55 bits per heavy atom. The van der Waals surface area contributed by atoms with Gasteiger partial charge in [0.2, 0.25) is 0 Å². The Labute approximate surface area is 171 Å². The van der Waals surface area contributed by atoms with Gasteiger partial charge in [-0.2, -0.15) is 0 Å². The summed E-state index contributed by atoms with van der Waals surface area (Å²) in [6.45, 7) is 7.64. The van der Waals surface area contributed by atoms with Crippen molar-refractivity contribution in [1.82, 2.24) is 0 Å². The maximum atomic E-state index is 12.4. The van der Waals surface area contributed by atoms with E-state index in [2.05, 4.69) is 32.9 Å². The number of carbonyl (C=O) groups excluding carboxylic acids is 1. The number of ether oxygens (including phenoxy) is 5. The van der Waals surface area contributed by atoms with E-state index >= 15 is 0 Å². The number of methoxy groups -OCH3 is 2. The van der Waals surface area contributed by atoms with Gasteiger partial charge in [-0.15, -0.1) is 0 Å². The Hall–Kier alpha value is -1.63. The molecule has 2 saturated heterocycles. The lowest BCUT2D eigenvalue weighted by molar-refractivity contribution is -0.236. The van der Waals surface area contributed by atoms with Gasteiger partial charge in [-0.3, -0.25) is 4.79 Å².